The van der Waals surface area contributed by atoms with Crippen LogP contribution >= 0.6 is 0 Å². The molecule has 0 saturated carbocycles. The number of carbonyl (C=O) groups excluding carboxylic acids is 1. The molecule has 2 aromatic carbocycles. The van der Waals surface area contributed by atoms with Gasteiger partial charge in [-0.2, -0.15) is 0 Å². The summed E-state index contributed by atoms with van der Waals surface area (Å²) in [6.07, 6.45) is 0.787. The molecule has 3 N–H and O–H groups in total. The summed E-state index contributed by atoms with van der Waals surface area (Å²) in [7, 11) is 1.84. The standard InChI is InChI=1S/C16H18N2O3/c1-17-9-4-10-18-15(19)14-12-6-3-2-5-11(12)7-8-13(14)16(20)21/h2-3,5-8,17H,4,9-10H2,1H3,(H,18,19)(H,20,21). The van der Waals surface area contributed by atoms with Crippen molar-refractivity contribution >= 4 is 22.6 Å². The molecule has 0 unspecified atom stereocenters. The minimum absolute atomic E-state index is 0.0276. The monoisotopic (exact) mass is 286 g/mol. The first-order valence-electron chi connectivity index (χ1n) is 6.83. The average Bonchev–Trinajstić information content (AvgIpc) is 2.50. The van der Waals surface area contributed by atoms with Gasteiger partial charge in [-0.3, -0.25) is 4.79 Å². The summed E-state index contributed by atoms with van der Waals surface area (Å²) in [6.45, 7) is 1.30. The Balaban J connectivity index is 2.37. The highest BCUT2D eigenvalue weighted by atomic mass is 16.4. The molecule has 1 amide bonds. The summed E-state index contributed by atoms with van der Waals surface area (Å²) in [4.78, 5) is 23.7. The van der Waals surface area contributed by atoms with E-state index >= 15 is 0 Å². The second-order valence-electron chi connectivity index (χ2n) is 4.73. The Hall–Kier alpha value is -2.40. The molecule has 0 aliphatic carbocycles. The van der Waals surface area contributed by atoms with Crippen LogP contribution in [0, 0.1) is 0 Å². The highest BCUT2D eigenvalue weighted by Crippen LogP contribution is 2.22. The van der Waals surface area contributed by atoms with Crippen molar-refractivity contribution in [3.63, 3.8) is 0 Å². The van der Waals surface area contributed by atoms with Crippen LogP contribution in [0.1, 0.15) is 27.1 Å². The first-order chi connectivity index (χ1) is 10.1. The zero-order chi connectivity index (χ0) is 15.2. The largest absolute Gasteiger partial charge is 0.478 e. The van der Waals surface area contributed by atoms with Crippen LogP contribution in [0.3, 0.4) is 0 Å². The van der Waals surface area contributed by atoms with E-state index in [1.54, 1.807) is 18.2 Å². The summed E-state index contributed by atoms with van der Waals surface area (Å²) in [6, 6.07) is 10.5. The number of amides is 1. The van der Waals surface area contributed by atoms with Crippen LogP contribution in [0.25, 0.3) is 10.8 Å². The van der Waals surface area contributed by atoms with Gasteiger partial charge in [0.1, 0.15) is 0 Å². The minimum atomic E-state index is -1.10. The fourth-order valence-corrected chi connectivity index (χ4v) is 2.25. The number of carboxylic acid groups (broad SMARTS) is 1. The van der Waals surface area contributed by atoms with Crippen LogP contribution in [0.5, 0.6) is 0 Å². The van der Waals surface area contributed by atoms with Crippen molar-refractivity contribution in [1.29, 1.82) is 0 Å². The summed E-state index contributed by atoms with van der Waals surface area (Å²) in [5.74, 6) is -1.44. The first kappa shape index (κ1) is 15.0. The third-order valence-electron chi connectivity index (χ3n) is 3.28. The number of carboxylic acids is 1. The first-order valence-corrected chi connectivity index (χ1v) is 6.83. The molecule has 0 heterocycles. The maximum Gasteiger partial charge on any atom is 0.336 e. The van der Waals surface area contributed by atoms with Crippen molar-refractivity contribution in [3.8, 4) is 0 Å². The van der Waals surface area contributed by atoms with E-state index in [4.69, 9.17) is 0 Å². The van der Waals surface area contributed by atoms with E-state index in [1.165, 1.54) is 6.07 Å². The van der Waals surface area contributed by atoms with Gasteiger partial charge in [-0.05, 0) is 36.9 Å². The Morgan fingerprint density at radius 3 is 2.57 bits per heavy atom. The summed E-state index contributed by atoms with van der Waals surface area (Å²) in [5, 5.41) is 16.6. The van der Waals surface area contributed by atoms with Crippen molar-refractivity contribution in [3.05, 3.63) is 47.5 Å². The molecule has 0 aliphatic heterocycles. The summed E-state index contributed by atoms with van der Waals surface area (Å²) >= 11 is 0. The second kappa shape index (κ2) is 6.85. The highest BCUT2D eigenvalue weighted by molar-refractivity contribution is 6.14. The Morgan fingerprint density at radius 1 is 1.10 bits per heavy atom. The van der Waals surface area contributed by atoms with Gasteiger partial charge in [0.15, 0.2) is 0 Å². The molecule has 110 valence electrons. The van der Waals surface area contributed by atoms with E-state index in [9.17, 15) is 14.7 Å². The predicted molar refractivity (Wildman–Crippen MR) is 81.8 cm³/mol. The lowest BCUT2D eigenvalue weighted by atomic mass is 9.98. The fraction of sp³-hybridized carbons (Fsp3) is 0.250. The van der Waals surface area contributed by atoms with Gasteiger partial charge in [0.2, 0.25) is 0 Å². The van der Waals surface area contributed by atoms with Crippen molar-refractivity contribution in [1.82, 2.24) is 10.6 Å². The summed E-state index contributed by atoms with van der Waals surface area (Å²) < 4.78 is 0. The second-order valence-corrected chi connectivity index (χ2v) is 4.73. The molecule has 0 aliphatic rings. The molecular formula is C16H18N2O3. The third-order valence-corrected chi connectivity index (χ3v) is 3.28. The lowest BCUT2D eigenvalue weighted by Gasteiger charge is -2.11. The van der Waals surface area contributed by atoms with Gasteiger partial charge in [-0.15, -0.1) is 0 Å². The Labute approximate surface area is 123 Å². The van der Waals surface area contributed by atoms with Crippen LogP contribution in [0.4, 0.5) is 0 Å². The van der Waals surface area contributed by atoms with Crippen LogP contribution in [0.15, 0.2) is 36.4 Å². The Bertz CT molecular complexity index is 668. The number of hydrogen-bond acceptors (Lipinski definition) is 3. The van der Waals surface area contributed by atoms with Crippen LogP contribution in [0.2, 0.25) is 0 Å². The van der Waals surface area contributed by atoms with E-state index in [0.29, 0.717) is 11.9 Å². The Kier molecular flexibility index (Phi) is 4.90. The molecule has 0 bridgehead atoms. The SMILES string of the molecule is CNCCCNC(=O)c1c(C(=O)O)ccc2ccccc12. The predicted octanol–water partition coefficient (Wildman–Crippen LogP) is 1.88. The molecule has 5 heteroatoms. The number of carbonyl (C=O) groups is 2. The van der Waals surface area contributed by atoms with E-state index in [1.807, 2.05) is 19.2 Å². The molecule has 2 aromatic rings. The zero-order valence-electron chi connectivity index (χ0n) is 11.8. The normalized spacial score (nSPS) is 10.5. The smallest absolute Gasteiger partial charge is 0.336 e. The molecule has 0 fully saturated rings. The quantitative estimate of drug-likeness (QED) is 0.708. The number of aromatic carboxylic acids is 1. The van der Waals surface area contributed by atoms with E-state index < -0.39 is 5.97 Å². The third kappa shape index (κ3) is 3.38. The lowest BCUT2D eigenvalue weighted by Crippen LogP contribution is -2.28. The van der Waals surface area contributed by atoms with Gasteiger partial charge in [0, 0.05) is 6.54 Å². The van der Waals surface area contributed by atoms with E-state index in [2.05, 4.69) is 10.6 Å². The molecule has 0 saturated heterocycles. The highest BCUT2D eigenvalue weighted by Gasteiger charge is 2.19. The van der Waals surface area contributed by atoms with E-state index in [0.717, 1.165) is 18.4 Å². The molecule has 5 nitrogen and oxygen atoms in total. The van der Waals surface area contributed by atoms with Crippen molar-refractivity contribution in [2.45, 2.75) is 6.42 Å². The van der Waals surface area contributed by atoms with Crippen LogP contribution < -0.4 is 10.6 Å². The maximum absolute atomic E-state index is 12.4. The molecule has 0 atom stereocenters. The average molecular weight is 286 g/mol. The van der Waals surface area contributed by atoms with Gasteiger partial charge in [-0.25, -0.2) is 4.79 Å². The van der Waals surface area contributed by atoms with E-state index in [-0.39, 0.29) is 17.0 Å². The number of benzene rings is 2. The van der Waals surface area contributed by atoms with Gasteiger partial charge in [0.25, 0.3) is 5.91 Å². The number of fused-ring (bicyclic) bond motifs is 1. The van der Waals surface area contributed by atoms with Gasteiger partial charge >= 0.3 is 5.97 Å². The maximum atomic E-state index is 12.4. The number of rotatable bonds is 6. The molecule has 0 aromatic heterocycles. The molecule has 2 rings (SSSR count). The van der Waals surface area contributed by atoms with Gasteiger partial charge < -0.3 is 15.7 Å². The number of hydrogen-bond donors (Lipinski definition) is 3. The van der Waals surface area contributed by atoms with Crippen LogP contribution in [-0.4, -0.2) is 37.1 Å². The zero-order valence-corrected chi connectivity index (χ0v) is 11.8. The summed E-state index contributed by atoms with van der Waals surface area (Å²) in [5.41, 5.74) is 0.255. The number of nitrogens with one attached hydrogen (secondary N) is 2. The molecule has 0 spiro atoms. The van der Waals surface area contributed by atoms with Crippen molar-refractivity contribution in [2.75, 3.05) is 20.1 Å². The minimum Gasteiger partial charge on any atom is -0.478 e. The van der Waals surface area contributed by atoms with Gasteiger partial charge in [0.05, 0.1) is 11.1 Å². The van der Waals surface area contributed by atoms with Gasteiger partial charge in [-0.1, -0.05) is 30.3 Å². The Morgan fingerprint density at radius 2 is 1.86 bits per heavy atom. The fourth-order valence-electron chi connectivity index (χ4n) is 2.25. The molecule has 21 heavy (non-hydrogen) atoms. The molecular weight excluding hydrogens is 268 g/mol. The lowest BCUT2D eigenvalue weighted by molar-refractivity contribution is 0.0691. The van der Waals surface area contributed by atoms with Crippen molar-refractivity contribution < 1.29 is 14.7 Å². The topological polar surface area (TPSA) is 78.4 Å². The van der Waals surface area contributed by atoms with Crippen molar-refractivity contribution in [2.24, 2.45) is 0 Å². The van der Waals surface area contributed by atoms with Crippen LogP contribution in [-0.2, 0) is 0 Å². The molecule has 0 radical (unpaired) electrons.